The van der Waals surface area contributed by atoms with Crippen molar-refractivity contribution in [1.82, 2.24) is 19.3 Å². The van der Waals surface area contributed by atoms with Crippen LogP contribution in [-0.4, -0.2) is 58.5 Å². The molecule has 0 radical (unpaired) electrons. The summed E-state index contributed by atoms with van der Waals surface area (Å²) in [5.41, 5.74) is 2.36. The van der Waals surface area contributed by atoms with E-state index < -0.39 is 17.7 Å². The van der Waals surface area contributed by atoms with Gasteiger partial charge in [-0.2, -0.15) is 4.39 Å². The molecule has 5 rings (SSSR count). The van der Waals surface area contributed by atoms with Crippen LogP contribution in [0, 0.1) is 5.82 Å². The fourth-order valence-electron chi connectivity index (χ4n) is 4.59. The SMILES string of the molecule is COC(=O)C(=O)N1CCCC(c2nc(-c3ccc(Oc4cccc(OC)c4F)cc3)c3cnccn23)C1. The first kappa shape index (κ1) is 24.2. The van der Waals surface area contributed by atoms with Crippen LogP contribution < -0.4 is 9.47 Å². The smallest absolute Gasteiger partial charge is 0.396 e. The number of esters is 1. The zero-order chi connectivity index (χ0) is 25.9. The van der Waals surface area contributed by atoms with E-state index in [-0.39, 0.29) is 17.4 Å². The molecule has 0 bridgehead atoms. The first-order chi connectivity index (χ1) is 18.0. The lowest BCUT2D eigenvalue weighted by Gasteiger charge is -2.31. The van der Waals surface area contributed by atoms with Crippen molar-refractivity contribution in [2.45, 2.75) is 18.8 Å². The number of hydrogen-bond donors (Lipinski definition) is 0. The number of carbonyl (C=O) groups excluding carboxylic acids is 2. The predicted molar refractivity (Wildman–Crippen MR) is 132 cm³/mol. The van der Waals surface area contributed by atoms with Gasteiger partial charge in [-0.05, 0) is 49.2 Å². The van der Waals surface area contributed by atoms with Crippen molar-refractivity contribution in [3.05, 3.63) is 72.7 Å². The van der Waals surface area contributed by atoms with Crippen molar-refractivity contribution < 1.29 is 28.2 Å². The molecule has 1 fully saturated rings. The summed E-state index contributed by atoms with van der Waals surface area (Å²) in [4.78, 5) is 34.9. The van der Waals surface area contributed by atoms with E-state index in [2.05, 4.69) is 9.72 Å². The van der Waals surface area contributed by atoms with Gasteiger partial charge in [0.2, 0.25) is 5.82 Å². The summed E-state index contributed by atoms with van der Waals surface area (Å²) in [6.45, 7) is 0.866. The number of benzene rings is 2. The molecule has 1 amide bonds. The van der Waals surface area contributed by atoms with E-state index >= 15 is 0 Å². The molecule has 0 aliphatic carbocycles. The number of imidazole rings is 1. The summed E-state index contributed by atoms with van der Waals surface area (Å²) in [7, 11) is 2.60. The maximum atomic E-state index is 14.5. The second-order valence-electron chi connectivity index (χ2n) is 8.63. The molecule has 1 aliphatic rings. The van der Waals surface area contributed by atoms with Crippen LogP contribution in [0.1, 0.15) is 24.6 Å². The van der Waals surface area contributed by atoms with Gasteiger partial charge in [0.15, 0.2) is 11.5 Å². The van der Waals surface area contributed by atoms with E-state index in [1.165, 1.54) is 31.3 Å². The Hall–Kier alpha value is -4.47. The van der Waals surface area contributed by atoms with Gasteiger partial charge >= 0.3 is 11.9 Å². The van der Waals surface area contributed by atoms with E-state index in [1.807, 2.05) is 22.7 Å². The monoisotopic (exact) mass is 504 g/mol. The number of halogens is 1. The number of amides is 1. The molecule has 190 valence electrons. The maximum absolute atomic E-state index is 14.5. The third-order valence-corrected chi connectivity index (χ3v) is 6.41. The molecular formula is C27H25FN4O5. The largest absolute Gasteiger partial charge is 0.494 e. The highest BCUT2D eigenvalue weighted by atomic mass is 19.1. The van der Waals surface area contributed by atoms with Crippen LogP contribution >= 0.6 is 0 Å². The number of hydrogen-bond acceptors (Lipinski definition) is 7. The van der Waals surface area contributed by atoms with Crippen LogP contribution in [0.5, 0.6) is 17.2 Å². The fraction of sp³-hybridized carbons (Fsp3) is 0.259. The van der Waals surface area contributed by atoms with Gasteiger partial charge in [-0.3, -0.25) is 14.2 Å². The van der Waals surface area contributed by atoms with Crippen molar-refractivity contribution in [2.24, 2.45) is 0 Å². The van der Waals surface area contributed by atoms with Gasteiger partial charge in [-0.1, -0.05) is 6.07 Å². The lowest BCUT2D eigenvalue weighted by Crippen LogP contribution is -2.43. The van der Waals surface area contributed by atoms with Gasteiger partial charge in [0.1, 0.15) is 11.6 Å². The standard InChI is InChI=1S/C27H25FN4O5/c1-35-21-6-3-7-22(23(21)28)37-19-10-8-17(9-11-19)24-20-15-29-12-14-32(20)25(30-24)18-5-4-13-31(16-18)26(33)27(34)36-2/h3,6-12,14-15,18H,4-5,13,16H2,1-2H3. The van der Waals surface area contributed by atoms with Gasteiger partial charge in [-0.15, -0.1) is 0 Å². The minimum absolute atomic E-state index is 0.0642. The predicted octanol–water partition coefficient (Wildman–Crippen LogP) is 4.22. The normalized spacial score (nSPS) is 15.4. The Bertz CT molecular complexity index is 1450. The zero-order valence-electron chi connectivity index (χ0n) is 20.4. The average Bonchev–Trinajstić information content (AvgIpc) is 3.33. The minimum atomic E-state index is -0.866. The van der Waals surface area contributed by atoms with Crippen LogP contribution in [0.4, 0.5) is 4.39 Å². The van der Waals surface area contributed by atoms with Crippen molar-refractivity contribution in [2.75, 3.05) is 27.3 Å². The molecule has 1 saturated heterocycles. The van der Waals surface area contributed by atoms with Gasteiger partial charge < -0.3 is 19.1 Å². The molecule has 2 aromatic heterocycles. The quantitative estimate of drug-likeness (QED) is 0.297. The topological polar surface area (TPSA) is 95.3 Å². The van der Waals surface area contributed by atoms with Crippen molar-refractivity contribution in [3.8, 4) is 28.5 Å². The number of aromatic nitrogens is 3. The minimum Gasteiger partial charge on any atom is -0.494 e. The lowest BCUT2D eigenvalue weighted by molar-refractivity contribution is -0.158. The second-order valence-corrected chi connectivity index (χ2v) is 8.63. The Kier molecular flexibility index (Phi) is 6.72. The number of rotatable bonds is 5. The molecule has 1 aliphatic heterocycles. The summed E-state index contributed by atoms with van der Waals surface area (Å²) in [5, 5.41) is 0. The van der Waals surface area contributed by atoms with E-state index in [4.69, 9.17) is 14.5 Å². The molecule has 10 heteroatoms. The van der Waals surface area contributed by atoms with Gasteiger partial charge in [0.25, 0.3) is 0 Å². The van der Waals surface area contributed by atoms with Crippen LogP contribution in [0.25, 0.3) is 16.8 Å². The first-order valence-corrected chi connectivity index (χ1v) is 11.8. The Balaban J connectivity index is 1.43. The summed E-state index contributed by atoms with van der Waals surface area (Å²) >= 11 is 0. The average molecular weight is 505 g/mol. The van der Waals surface area contributed by atoms with Crippen LogP contribution in [0.2, 0.25) is 0 Å². The first-order valence-electron chi connectivity index (χ1n) is 11.8. The van der Waals surface area contributed by atoms with Gasteiger partial charge in [-0.25, -0.2) is 9.78 Å². The second kappa shape index (κ2) is 10.3. The third-order valence-electron chi connectivity index (χ3n) is 6.41. The van der Waals surface area contributed by atoms with Crippen molar-refractivity contribution in [1.29, 1.82) is 0 Å². The lowest BCUT2D eigenvalue weighted by atomic mass is 9.97. The Morgan fingerprint density at radius 1 is 1.08 bits per heavy atom. The Morgan fingerprint density at radius 2 is 1.86 bits per heavy atom. The molecule has 1 unspecified atom stereocenters. The highest BCUT2D eigenvalue weighted by Crippen LogP contribution is 2.34. The maximum Gasteiger partial charge on any atom is 0.396 e. The number of carbonyl (C=O) groups is 2. The van der Waals surface area contributed by atoms with Crippen molar-refractivity contribution in [3.63, 3.8) is 0 Å². The summed E-state index contributed by atoms with van der Waals surface area (Å²) < 4.78 is 31.8. The molecular weight excluding hydrogens is 479 g/mol. The zero-order valence-corrected chi connectivity index (χ0v) is 20.4. The van der Waals surface area contributed by atoms with Crippen LogP contribution in [0.15, 0.2) is 61.1 Å². The molecule has 0 spiro atoms. The third kappa shape index (κ3) is 4.69. The Morgan fingerprint density at radius 3 is 2.62 bits per heavy atom. The van der Waals surface area contributed by atoms with Crippen LogP contribution in [-0.2, 0) is 14.3 Å². The number of piperidine rings is 1. The van der Waals surface area contributed by atoms with Gasteiger partial charge in [0, 0.05) is 37.0 Å². The van der Waals surface area contributed by atoms with E-state index in [0.29, 0.717) is 18.8 Å². The number of nitrogens with zero attached hydrogens (tertiary/aromatic N) is 4. The molecule has 1 atom stereocenters. The summed E-state index contributed by atoms with van der Waals surface area (Å²) in [5.74, 6) is -0.729. The Labute approximate surface area is 212 Å². The molecule has 0 N–H and O–H groups in total. The number of methoxy groups -OCH3 is 2. The number of ether oxygens (including phenoxy) is 3. The highest BCUT2D eigenvalue weighted by molar-refractivity contribution is 6.32. The number of likely N-dealkylation sites (tertiary alicyclic amines) is 1. The van der Waals surface area contributed by atoms with Gasteiger partial charge in [0.05, 0.1) is 31.6 Å². The molecule has 9 nitrogen and oxygen atoms in total. The van der Waals surface area contributed by atoms with Crippen LogP contribution in [0.3, 0.4) is 0 Å². The highest BCUT2D eigenvalue weighted by Gasteiger charge is 2.31. The summed E-state index contributed by atoms with van der Waals surface area (Å²) in [6, 6.07) is 11.9. The van der Waals surface area contributed by atoms with E-state index in [9.17, 15) is 14.0 Å². The molecule has 37 heavy (non-hydrogen) atoms. The number of fused-ring (bicyclic) bond motifs is 1. The molecule has 0 saturated carbocycles. The van der Waals surface area contributed by atoms with E-state index in [0.717, 1.165) is 35.4 Å². The van der Waals surface area contributed by atoms with E-state index in [1.54, 1.807) is 30.6 Å². The van der Waals surface area contributed by atoms with Crippen molar-refractivity contribution >= 4 is 17.4 Å². The molecule has 4 aromatic rings. The fourth-order valence-corrected chi connectivity index (χ4v) is 4.59. The summed E-state index contributed by atoms with van der Waals surface area (Å²) in [6.07, 6.45) is 6.83. The molecule has 3 heterocycles. The molecule has 2 aromatic carbocycles.